The molecule has 98 valence electrons. The first-order valence-corrected chi connectivity index (χ1v) is 5.78. The minimum absolute atomic E-state index is 0.0391. The molecule has 0 aliphatic rings. The fraction of sp³-hybridized carbons (Fsp3) is 0.385. The lowest BCUT2D eigenvalue weighted by Gasteiger charge is -2.08. The van der Waals surface area contributed by atoms with Crippen LogP contribution in [0.15, 0.2) is 24.3 Å². The summed E-state index contributed by atoms with van der Waals surface area (Å²) < 4.78 is 5.27. The van der Waals surface area contributed by atoms with E-state index in [1.807, 2.05) is 6.92 Å². The molecular weight excluding hydrogens is 234 g/mol. The smallest absolute Gasteiger partial charge is 0.306 e. The minimum atomic E-state index is -0.975. The Morgan fingerprint density at radius 3 is 2.44 bits per heavy atom. The van der Waals surface area contributed by atoms with Crippen molar-refractivity contribution < 1.29 is 19.4 Å². The van der Waals surface area contributed by atoms with Crippen LogP contribution >= 0.6 is 0 Å². The summed E-state index contributed by atoms with van der Waals surface area (Å²) in [4.78, 5) is 22.1. The summed E-state index contributed by atoms with van der Waals surface area (Å²) in [5.41, 5.74) is 0.626. The fourth-order valence-electron chi connectivity index (χ4n) is 1.38. The van der Waals surface area contributed by atoms with E-state index in [0.717, 1.165) is 5.75 Å². The number of amides is 1. The summed E-state index contributed by atoms with van der Waals surface area (Å²) in [6, 6.07) is 6.93. The van der Waals surface area contributed by atoms with Crippen LogP contribution < -0.4 is 10.1 Å². The molecule has 0 bridgehead atoms. The van der Waals surface area contributed by atoms with Crippen LogP contribution in [0, 0.1) is 5.92 Å². The SMILES string of the molecule is CCOc1ccc(NC(=O)CC(C)C(=O)O)cc1. The van der Waals surface area contributed by atoms with Crippen LogP contribution in [0.2, 0.25) is 0 Å². The number of carboxylic acid groups (broad SMARTS) is 1. The summed E-state index contributed by atoms with van der Waals surface area (Å²) in [5.74, 6) is -1.24. The third kappa shape index (κ3) is 4.45. The van der Waals surface area contributed by atoms with Crippen LogP contribution in [0.3, 0.4) is 0 Å². The molecule has 0 fully saturated rings. The second-order valence-electron chi connectivity index (χ2n) is 3.95. The van der Waals surface area contributed by atoms with Crippen LogP contribution in [0.5, 0.6) is 5.75 Å². The van der Waals surface area contributed by atoms with E-state index >= 15 is 0 Å². The molecule has 1 aromatic carbocycles. The van der Waals surface area contributed by atoms with Gasteiger partial charge in [-0.3, -0.25) is 9.59 Å². The Hall–Kier alpha value is -2.04. The first-order chi connectivity index (χ1) is 8.52. The molecule has 18 heavy (non-hydrogen) atoms. The number of rotatable bonds is 6. The Morgan fingerprint density at radius 1 is 1.33 bits per heavy atom. The third-order valence-electron chi connectivity index (χ3n) is 2.36. The Morgan fingerprint density at radius 2 is 1.94 bits per heavy atom. The first-order valence-electron chi connectivity index (χ1n) is 5.78. The van der Waals surface area contributed by atoms with Gasteiger partial charge >= 0.3 is 5.97 Å². The molecule has 1 amide bonds. The summed E-state index contributed by atoms with van der Waals surface area (Å²) in [7, 11) is 0. The zero-order valence-electron chi connectivity index (χ0n) is 10.5. The summed E-state index contributed by atoms with van der Waals surface area (Å²) in [5, 5.41) is 11.3. The quantitative estimate of drug-likeness (QED) is 0.812. The lowest BCUT2D eigenvalue weighted by molar-refractivity contribution is -0.142. The molecule has 0 spiro atoms. The van der Waals surface area contributed by atoms with E-state index in [9.17, 15) is 9.59 Å². The number of carbonyl (C=O) groups excluding carboxylic acids is 1. The van der Waals surface area contributed by atoms with Gasteiger partial charge in [0.15, 0.2) is 0 Å². The highest BCUT2D eigenvalue weighted by atomic mass is 16.5. The third-order valence-corrected chi connectivity index (χ3v) is 2.36. The molecule has 0 heterocycles. The van der Waals surface area contributed by atoms with Crippen molar-refractivity contribution in [2.24, 2.45) is 5.92 Å². The van der Waals surface area contributed by atoms with Gasteiger partial charge in [0.05, 0.1) is 12.5 Å². The van der Waals surface area contributed by atoms with Gasteiger partial charge in [0.25, 0.3) is 0 Å². The van der Waals surface area contributed by atoms with E-state index in [1.165, 1.54) is 6.92 Å². The zero-order valence-corrected chi connectivity index (χ0v) is 10.5. The fourth-order valence-corrected chi connectivity index (χ4v) is 1.38. The highest BCUT2D eigenvalue weighted by molar-refractivity contribution is 5.93. The van der Waals surface area contributed by atoms with Gasteiger partial charge in [-0.2, -0.15) is 0 Å². The molecule has 5 heteroatoms. The van der Waals surface area contributed by atoms with Crippen molar-refractivity contribution in [1.82, 2.24) is 0 Å². The van der Waals surface area contributed by atoms with Crippen molar-refractivity contribution in [2.75, 3.05) is 11.9 Å². The van der Waals surface area contributed by atoms with Gasteiger partial charge in [0.2, 0.25) is 5.91 Å². The molecule has 1 aromatic rings. The topological polar surface area (TPSA) is 75.6 Å². The number of carboxylic acids is 1. The predicted octanol–water partition coefficient (Wildman–Crippen LogP) is 2.13. The molecule has 0 saturated carbocycles. The number of hydrogen-bond acceptors (Lipinski definition) is 3. The van der Waals surface area contributed by atoms with E-state index in [0.29, 0.717) is 12.3 Å². The number of carbonyl (C=O) groups is 2. The molecule has 5 nitrogen and oxygen atoms in total. The molecule has 2 N–H and O–H groups in total. The highest BCUT2D eigenvalue weighted by Gasteiger charge is 2.15. The highest BCUT2D eigenvalue weighted by Crippen LogP contribution is 2.16. The van der Waals surface area contributed by atoms with Gasteiger partial charge in [0.1, 0.15) is 5.75 Å². The average Bonchev–Trinajstić information content (AvgIpc) is 2.31. The molecule has 1 atom stereocenters. The second-order valence-corrected chi connectivity index (χ2v) is 3.95. The van der Waals surface area contributed by atoms with Crippen molar-refractivity contribution in [3.8, 4) is 5.75 Å². The van der Waals surface area contributed by atoms with Crippen molar-refractivity contribution in [3.63, 3.8) is 0 Å². The van der Waals surface area contributed by atoms with E-state index in [2.05, 4.69) is 5.32 Å². The number of hydrogen-bond donors (Lipinski definition) is 2. The summed E-state index contributed by atoms with van der Waals surface area (Å²) >= 11 is 0. The van der Waals surface area contributed by atoms with Crippen molar-refractivity contribution >= 4 is 17.6 Å². The minimum Gasteiger partial charge on any atom is -0.494 e. The number of nitrogens with one attached hydrogen (secondary N) is 1. The zero-order chi connectivity index (χ0) is 13.5. The number of benzene rings is 1. The average molecular weight is 251 g/mol. The van der Waals surface area contributed by atoms with Crippen LogP contribution in [0.1, 0.15) is 20.3 Å². The lowest BCUT2D eigenvalue weighted by atomic mass is 10.1. The van der Waals surface area contributed by atoms with E-state index < -0.39 is 11.9 Å². The molecule has 1 unspecified atom stereocenters. The van der Waals surface area contributed by atoms with Gasteiger partial charge < -0.3 is 15.2 Å². The molecule has 0 aliphatic carbocycles. The number of ether oxygens (including phenoxy) is 1. The lowest BCUT2D eigenvalue weighted by Crippen LogP contribution is -2.19. The van der Waals surface area contributed by atoms with E-state index in [4.69, 9.17) is 9.84 Å². The maximum absolute atomic E-state index is 11.5. The summed E-state index contributed by atoms with van der Waals surface area (Å²) in [6.07, 6.45) is -0.0391. The Kier molecular flexibility index (Phi) is 5.17. The predicted molar refractivity (Wildman–Crippen MR) is 67.7 cm³/mol. The maximum Gasteiger partial charge on any atom is 0.306 e. The van der Waals surface area contributed by atoms with Crippen LogP contribution in [-0.2, 0) is 9.59 Å². The monoisotopic (exact) mass is 251 g/mol. The molecule has 0 aliphatic heterocycles. The summed E-state index contributed by atoms with van der Waals surface area (Å²) in [6.45, 7) is 3.98. The van der Waals surface area contributed by atoms with Gasteiger partial charge in [-0.1, -0.05) is 6.92 Å². The molecule has 0 aromatic heterocycles. The normalized spacial score (nSPS) is 11.7. The van der Waals surface area contributed by atoms with Gasteiger partial charge in [0, 0.05) is 12.1 Å². The standard InChI is InChI=1S/C13H17NO4/c1-3-18-11-6-4-10(5-7-11)14-12(15)8-9(2)13(16)17/h4-7,9H,3,8H2,1-2H3,(H,14,15)(H,16,17). The Labute approximate surface area is 106 Å². The maximum atomic E-state index is 11.5. The van der Waals surface area contributed by atoms with Gasteiger partial charge in [-0.15, -0.1) is 0 Å². The Balaban J connectivity index is 2.51. The van der Waals surface area contributed by atoms with Crippen LogP contribution in [0.25, 0.3) is 0 Å². The second kappa shape index (κ2) is 6.64. The van der Waals surface area contributed by atoms with Crippen LogP contribution in [-0.4, -0.2) is 23.6 Å². The van der Waals surface area contributed by atoms with Crippen LogP contribution in [0.4, 0.5) is 5.69 Å². The number of anilines is 1. The molecule has 0 radical (unpaired) electrons. The molecular formula is C13H17NO4. The molecule has 0 saturated heterocycles. The number of aliphatic carboxylic acids is 1. The van der Waals surface area contributed by atoms with Crippen molar-refractivity contribution in [3.05, 3.63) is 24.3 Å². The molecule has 1 rings (SSSR count). The van der Waals surface area contributed by atoms with E-state index in [-0.39, 0.29) is 12.3 Å². The van der Waals surface area contributed by atoms with Crippen molar-refractivity contribution in [2.45, 2.75) is 20.3 Å². The van der Waals surface area contributed by atoms with Gasteiger partial charge in [-0.25, -0.2) is 0 Å². The first kappa shape index (κ1) is 14.0. The van der Waals surface area contributed by atoms with E-state index in [1.54, 1.807) is 24.3 Å². The van der Waals surface area contributed by atoms with Gasteiger partial charge in [-0.05, 0) is 31.2 Å². The Bertz CT molecular complexity index is 414. The van der Waals surface area contributed by atoms with Crippen molar-refractivity contribution in [1.29, 1.82) is 0 Å². The largest absolute Gasteiger partial charge is 0.494 e.